The van der Waals surface area contributed by atoms with Crippen LogP contribution in [0.1, 0.15) is 28.4 Å². The number of amides is 1. The normalized spacial score (nSPS) is 14.8. The van der Waals surface area contributed by atoms with Crippen molar-refractivity contribution >= 4 is 17.5 Å². The molecule has 5 nitrogen and oxygen atoms in total. The number of piperazine rings is 1. The Hall–Kier alpha value is -2.24. The van der Waals surface area contributed by atoms with Gasteiger partial charge in [0.25, 0.3) is 5.91 Å². The van der Waals surface area contributed by atoms with E-state index >= 15 is 0 Å². The van der Waals surface area contributed by atoms with Crippen molar-refractivity contribution in [2.24, 2.45) is 0 Å². The molecule has 1 heterocycles. The van der Waals surface area contributed by atoms with E-state index < -0.39 is 0 Å². The standard InChI is InChI=1S/C22H27ClN2O3/c1-4-24-9-11-25(12-10-24)22(26)17-5-8-21(27-3)18(14-17)15-28-19-6-7-20(23)16(2)13-19/h5-8,13-14H,4,9-12,15H2,1-3H3. The van der Waals surface area contributed by atoms with Gasteiger partial charge in [-0.1, -0.05) is 18.5 Å². The quantitative estimate of drug-likeness (QED) is 0.732. The molecule has 2 aromatic carbocycles. The van der Waals surface area contributed by atoms with Crippen molar-refractivity contribution in [2.45, 2.75) is 20.5 Å². The lowest BCUT2D eigenvalue weighted by atomic mass is 10.1. The summed E-state index contributed by atoms with van der Waals surface area (Å²) in [6.45, 7) is 8.78. The third-order valence-corrected chi connectivity index (χ3v) is 5.58. The molecule has 28 heavy (non-hydrogen) atoms. The van der Waals surface area contributed by atoms with Gasteiger partial charge in [-0.15, -0.1) is 0 Å². The van der Waals surface area contributed by atoms with Crippen LogP contribution in [0.3, 0.4) is 0 Å². The van der Waals surface area contributed by atoms with E-state index in [-0.39, 0.29) is 5.91 Å². The first-order valence-electron chi connectivity index (χ1n) is 9.59. The smallest absolute Gasteiger partial charge is 0.253 e. The van der Waals surface area contributed by atoms with Gasteiger partial charge < -0.3 is 19.3 Å². The lowest BCUT2D eigenvalue weighted by molar-refractivity contribution is 0.0643. The Bertz CT molecular complexity index is 833. The molecule has 6 heteroatoms. The zero-order chi connectivity index (χ0) is 20.1. The van der Waals surface area contributed by atoms with Gasteiger partial charge in [-0.25, -0.2) is 0 Å². The fourth-order valence-corrected chi connectivity index (χ4v) is 3.46. The summed E-state index contributed by atoms with van der Waals surface area (Å²) in [6.07, 6.45) is 0. The Morgan fingerprint density at radius 3 is 2.50 bits per heavy atom. The molecule has 0 saturated carbocycles. The molecular formula is C22H27ClN2O3. The molecule has 1 saturated heterocycles. The maximum absolute atomic E-state index is 12.9. The first-order valence-corrected chi connectivity index (χ1v) is 9.97. The highest BCUT2D eigenvalue weighted by molar-refractivity contribution is 6.31. The Labute approximate surface area is 171 Å². The lowest BCUT2D eigenvalue weighted by Crippen LogP contribution is -2.48. The van der Waals surface area contributed by atoms with Crippen LogP contribution in [0, 0.1) is 6.92 Å². The monoisotopic (exact) mass is 402 g/mol. The van der Waals surface area contributed by atoms with Crippen LogP contribution in [-0.4, -0.2) is 55.5 Å². The van der Waals surface area contributed by atoms with E-state index in [0.29, 0.717) is 22.9 Å². The number of nitrogens with zero attached hydrogens (tertiary/aromatic N) is 2. The Kier molecular flexibility index (Phi) is 6.81. The van der Waals surface area contributed by atoms with Crippen LogP contribution in [-0.2, 0) is 6.61 Å². The fraction of sp³-hybridized carbons (Fsp3) is 0.409. The van der Waals surface area contributed by atoms with Gasteiger partial charge in [0.2, 0.25) is 0 Å². The van der Waals surface area contributed by atoms with Gasteiger partial charge in [-0.3, -0.25) is 4.79 Å². The molecule has 0 aromatic heterocycles. The Morgan fingerprint density at radius 2 is 1.86 bits per heavy atom. The van der Waals surface area contributed by atoms with Crippen molar-refractivity contribution in [3.05, 3.63) is 58.1 Å². The number of rotatable bonds is 6. The van der Waals surface area contributed by atoms with E-state index in [1.54, 1.807) is 7.11 Å². The predicted molar refractivity (Wildman–Crippen MR) is 112 cm³/mol. The van der Waals surface area contributed by atoms with Gasteiger partial charge >= 0.3 is 0 Å². The van der Waals surface area contributed by atoms with Crippen molar-refractivity contribution in [2.75, 3.05) is 39.8 Å². The summed E-state index contributed by atoms with van der Waals surface area (Å²) in [5.41, 5.74) is 2.46. The summed E-state index contributed by atoms with van der Waals surface area (Å²) < 4.78 is 11.4. The second-order valence-corrected chi connectivity index (χ2v) is 7.36. The van der Waals surface area contributed by atoms with Crippen molar-refractivity contribution in [1.82, 2.24) is 9.80 Å². The van der Waals surface area contributed by atoms with E-state index in [1.807, 2.05) is 48.2 Å². The molecule has 1 fully saturated rings. The van der Waals surface area contributed by atoms with Crippen LogP contribution in [0.5, 0.6) is 11.5 Å². The number of aryl methyl sites for hydroxylation is 1. The highest BCUT2D eigenvalue weighted by Crippen LogP contribution is 2.25. The average Bonchev–Trinajstić information content (AvgIpc) is 2.74. The van der Waals surface area contributed by atoms with Crippen LogP contribution in [0.25, 0.3) is 0 Å². The molecule has 1 aliphatic rings. The minimum atomic E-state index is 0.0574. The minimum absolute atomic E-state index is 0.0574. The van der Waals surface area contributed by atoms with E-state index in [1.165, 1.54) is 0 Å². The topological polar surface area (TPSA) is 42.0 Å². The molecule has 0 N–H and O–H groups in total. The van der Waals surface area contributed by atoms with Gasteiger partial charge in [-0.05, 0) is 55.4 Å². The van der Waals surface area contributed by atoms with Gasteiger partial charge in [0.15, 0.2) is 0 Å². The molecule has 0 spiro atoms. The van der Waals surface area contributed by atoms with Gasteiger partial charge in [-0.2, -0.15) is 0 Å². The van der Waals surface area contributed by atoms with E-state index in [9.17, 15) is 4.79 Å². The van der Waals surface area contributed by atoms with Gasteiger partial charge in [0.1, 0.15) is 18.1 Å². The van der Waals surface area contributed by atoms with E-state index in [4.69, 9.17) is 21.1 Å². The largest absolute Gasteiger partial charge is 0.496 e. The molecule has 1 aliphatic heterocycles. The summed E-state index contributed by atoms with van der Waals surface area (Å²) in [6, 6.07) is 11.1. The van der Waals surface area contributed by atoms with Crippen LogP contribution in [0.4, 0.5) is 0 Å². The number of carbonyl (C=O) groups excluding carboxylic acids is 1. The predicted octanol–water partition coefficient (Wildman–Crippen LogP) is 4.01. The Balaban J connectivity index is 1.72. The SMILES string of the molecule is CCN1CCN(C(=O)c2ccc(OC)c(COc3ccc(Cl)c(C)c3)c2)CC1. The zero-order valence-corrected chi connectivity index (χ0v) is 17.5. The summed E-state index contributed by atoms with van der Waals surface area (Å²) in [7, 11) is 1.62. The number of methoxy groups -OCH3 is 1. The zero-order valence-electron chi connectivity index (χ0n) is 16.7. The highest BCUT2D eigenvalue weighted by Gasteiger charge is 2.22. The van der Waals surface area contributed by atoms with Crippen molar-refractivity contribution in [3.8, 4) is 11.5 Å². The molecule has 3 rings (SSSR count). The van der Waals surface area contributed by atoms with Crippen LogP contribution in [0.15, 0.2) is 36.4 Å². The summed E-state index contributed by atoms with van der Waals surface area (Å²) in [5, 5.41) is 0.709. The molecular weight excluding hydrogens is 376 g/mol. The third-order valence-electron chi connectivity index (χ3n) is 5.16. The summed E-state index contributed by atoms with van der Waals surface area (Å²) in [4.78, 5) is 17.2. The number of benzene rings is 2. The number of carbonyl (C=O) groups is 1. The van der Waals surface area contributed by atoms with Crippen LogP contribution < -0.4 is 9.47 Å². The second-order valence-electron chi connectivity index (χ2n) is 6.95. The highest BCUT2D eigenvalue weighted by atomic mass is 35.5. The first kappa shape index (κ1) is 20.5. The molecule has 1 amide bonds. The molecule has 0 bridgehead atoms. The van der Waals surface area contributed by atoms with Crippen molar-refractivity contribution in [3.63, 3.8) is 0 Å². The first-order chi connectivity index (χ1) is 13.5. The lowest BCUT2D eigenvalue weighted by Gasteiger charge is -2.34. The maximum atomic E-state index is 12.9. The summed E-state index contributed by atoms with van der Waals surface area (Å²) >= 11 is 6.07. The number of likely N-dealkylation sites (N-methyl/N-ethyl adjacent to an activating group) is 1. The van der Waals surface area contributed by atoms with Crippen molar-refractivity contribution < 1.29 is 14.3 Å². The number of hydrogen-bond acceptors (Lipinski definition) is 4. The molecule has 2 aromatic rings. The third kappa shape index (κ3) is 4.78. The molecule has 150 valence electrons. The van der Waals surface area contributed by atoms with Crippen molar-refractivity contribution in [1.29, 1.82) is 0 Å². The number of ether oxygens (including phenoxy) is 2. The number of halogens is 1. The van der Waals surface area contributed by atoms with Gasteiger partial charge in [0, 0.05) is 42.3 Å². The number of hydrogen-bond donors (Lipinski definition) is 0. The molecule has 0 aliphatic carbocycles. The molecule has 0 atom stereocenters. The average molecular weight is 403 g/mol. The van der Waals surface area contributed by atoms with E-state index in [0.717, 1.165) is 49.6 Å². The van der Waals surface area contributed by atoms with Gasteiger partial charge in [0.05, 0.1) is 7.11 Å². The maximum Gasteiger partial charge on any atom is 0.253 e. The molecule has 0 unspecified atom stereocenters. The van der Waals surface area contributed by atoms with E-state index in [2.05, 4.69) is 11.8 Å². The molecule has 0 radical (unpaired) electrons. The second kappa shape index (κ2) is 9.30. The fourth-order valence-electron chi connectivity index (χ4n) is 3.34. The minimum Gasteiger partial charge on any atom is -0.496 e. The Morgan fingerprint density at radius 1 is 1.11 bits per heavy atom. The summed E-state index contributed by atoms with van der Waals surface area (Å²) in [5.74, 6) is 1.50. The van der Waals surface area contributed by atoms with Crippen LogP contribution in [0.2, 0.25) is 5.02 Å². The van der Waals surface area contributed by atoms with Crippen LogP contribution >= 0.6 is 11.6 Å².